The largest absolute Gasteiger partial charge is 0.493 e. The van der Waals surface area contributed by atoms with Crippen LogP contribution in [0.5, 0.6) is 5.75 Å². The molecular formula is C13H17BrO2. The summed E-state index contributed by atoms with van der Waals surface area (Å²) in [4.78, 5) is 0. The molecule has 1 aromatic carbocycles. The zero-order valence-electron chi connectivity index (χ0n) is 9.75. The molecule has 0 aromatic heterocycles. The molecule has 0 spiro atoms. The average molecular weight is 285 g/mol. The molecule has 0 N–H and O–H groups in total. The highest BCUT2D eigenvalue weighted by Crippen LogP contribution is 2.39. The Balaban J connectivity index is 2.44. The molecule has 1 atom stereocenters. The lowest BCUT2D eigenvalue weighted by Gasteiger charge is -2.28. The smallest absolute Gasteiger partial charge is 0.124 e. The summed E-state index contributed by atoms with van der Waals surface area (Å²) < 4.78 is 12.2. The minimum atomic E-state index is 0.0707. The maximum absolute atomic E-state index is 5.79. The lowest BCUT2D eigenvalue weighted by atomic mass is 9.79. The first-order valence-corrected chi connectivity index (χ1v) is 6.37. The summed E-state index contributed by atoms with van der Waals surface area (Å²) in [6.07, 6.45) is 2.18. The molecule has 2 nitrogen and oxygen atoms in total. The molecule has 0 fully saturated rings. The lowest BCUT2D eigenvalue weighted by molar-refractivity contribution is 0.133. The van der Waals surface area contributed by atoms with Crippen LogP contribution in [0.25, 0.3) is 0 Å². The highest BCUT2D eigenvalue weighted by Gasteiger charge is 2.31. The Hall–Kier alpha value is -0.540. The maximum atomic E-state index is 5.79. The SMILES string of the molecule is COCC1(C)CCCOc2cc(Br)ccc21. The zero-order chi connectivity index (χ0) is 11.6. The van der Waals surface area contributed by atoms with Crippen molar-refractivity contribution in [1.29, 1.82) is 0 Å². The Kier molecular flexibility index (Phi) is 3.55. The number of methoxy groups -OCH3 is 1. The number of hydrogen-bond donors (Lipinski definition) is 0. The summed E-state index contributed by atoms with van der Waals surface area (Å²) in [6, 6.07) is 6.26. The molecule has 0 radical (unpaired) electrons. The lowest BCUT2D eigenvalue weighted by Crippen LogP contribution is -2.27. The molecule has 2 rings (SSSR count). The van der Waals surface area contributed by atoms with Crippen LogP contribution in [0.1, 0.15) is 25.3 Å². The first-order valence-electron chi connectivity index (χ1n) is 5.57. The van der Waals surface area contributed by atoms with Gasteiger partial charge in [-0.3, -0.25) is 0 Å². The first-order chi connectivity index (χ1) is 7.65. The van der Waals surface area contributed by atoms with E-state index in [1.54, 1.807) is 7.11 Å². The molecule has 0 saturated heterocycles. The Morgan fingerprint density at radius 1 is 1.50 bits per heavy atom. The van der Waals surface area contributed by atoms with Crippen LogP contribution in [0.4, 0.5) is 0 Å². The third kappa shape index (κ3) is 2.25. The number of benzene rings is 1. The summed E-state index contributed by atoms with van der Waals surface area (Å²) >= 11 is 3.48. The van der Waals surface area contributed by atoms with Crippen molar-refractivity contribution in [2.75, 3.05) is 20.3 Å². The van der Waals surface area contributed by atoms with E-state index in [2.05, 4.69) is 41.1 Å². The molecule has 0 amide bonds. The summed E-state index contributed by atoms with van der Waals surface area (Å²) in [5.74, 6) is 0.992. The molecule has 1 aliphatic rings. The number of ether oxygens (including phenoxy) is 2. The third-order valence-corrected chi connectivity index (χ3v) is 3.68. The van der Waals surface area contributed by atoms with Crippen molar-refractivity contribution in [3.05, 3.63) is 28.2 Å². The van der Waals surface area contributed by atoms with Crippen LogP contribution in [0, 0.1) is 0 Å². The Morgan fingerprint density at radius 2 is 2.31 bits per heavy atom. The minimum Gasteiger partial charge on any atom is -0.493 e. The quantitative estimate of drug-likeness (QED) is 0.827. The van der Waals surface area contributed by atoms with E-state index in [4.69, 9.17) is 9.47 Å². The van der Waals surface area contributed by atoms with E-state index in [1.807, 2.05) is 0 Å². The van der Waals surface area contributed by atoms with E-state index in [1.165, 1.54) is 5.56 Å². The highest BCUT2D eigenvalue weighted by atomic mass is 79.9. The molecular weight excluding hydrogens is 268 g/mol. The van der Waals surface area contributed by atoms with Gasteiger partial charge in [0.15, 0.2) is 0 Å². The Bertz CT molecular complexity index is 378. The molecule has 88 valence electrons. The van der Waals surface area contributed by atoms with Gasteiger partial charge in [-0.25, -0.2) is 0 Å². The van der Waals surface area contributed by atoms with E-state index in [0.717, 1.165) is 36.3 Å². The zero-order valence-corrected chi connectivity index (χ0v) is 11.3. The molecule has 0 bridgehead atoms. The molecule has 1 aliphatic heterocycles. The van der Waals surface area contributed by atoms with Crippen molar-refractivity contribution < 1.29 is 9.47 Å². The molecule has 1 heterocycles. The van der Waals surface area contributed by atoms with Crippen molar-refractivity contribution in [2.24, 2.45) is 0 Å². The van der Waals surface area contributed by atoms with Crippen LogP contribution < -0.4 is 4.74 Å². The fraction of sp³-hybridized carbons (Fsp3) is 0.538. The fourth-order valence-corrected chi connectivity index (χ4v) is 2.70. The van der Waals surface area contributed by atoms with Crippen LogP contribution in [0.2, 0.25) is 0 Å². The second-order valence-electron chi connectivity index (χ2n) is 4.59. The summed E-state index contributed by atoms with van der Waals surface area (Å²) in [5, 5.41) is 0. The minimum absolute atomic E-state index is 0.0707. The monoisotopic (exact) mass is 284 g/mol. The van der Waals surface area contributed by atoms with Gasteiger partial charge in [-0.2, -0.15) is 0 Å². The molecule has 1 aromatic rings. The first kappa shape index (κ1) is 11.9. The van der Waals surface area contributed by atoms with Gasteiger partial charge in [0.2, 0.25) is 0 Å². The van der Waals surface area contributed by atoms with Crippen molar-refractivity contribution in [1.82, 2.24) is 0 Å². The van der Waals surface area contributed by atoms with Crippen LogP contribution >= 0.6 is 15.9 Å². The Labute approximate surface area is 105 Å². The molecule has 0 aliphatic carbocycles. The second-order valence-corrected chi connectivity index (χ2v) is 5.50. The van der Waals surface area contributed by atoms with E-state index < -0.39 is 0 Å². The topological polar surface area (TPSA) is 18.5 Å². The van der Waals surface area contributed by atoms with Crippen LogP contribution in [-0.4, -0.2) is 20.3 Å². The van der Waals surface area contributed by atoms with E-state index in [0.29, 0.717) is 0 Å². The van der Waals surface area contributed by atoms with Gasteiger partial charge < -0.3 is 9.47 Å². The van der Waals surface area contributed by atoms with Crippen molar-refractivity contribution in [2.45, 2.75) is 25.2 Å². The van der Waals surface area contributed by atoms with Gasteiger partial charge in [-0.05, 0) is 25.0 Å². The van der Waals surface area contributed by atoms with Crippen molar-refractivity contribution >= 4 is 15.9 Å². The van der Waals surface area contributed by atoms with Gasteiger partial charge in [-0.15, -0.1) is 0 Å². The van der Waals surface area contributed by atoms with Gasteiger partial charge in [0, 0.05) is 22.6 Å². The van der Waals surface area contributed by atoms with Gasteiger partial charge in [0.05, 0.1) is 13.2 Å². The second kappa shape index (κ2) is 4.76. The number of hydrogen-bond acceptors (Lipinski definition) is 2. The number of rotatable bonds is 2. The molecule has 3 heteroatoms. The highest BCUT2D eigenvalue weighted by molar-refractivity contribution is 9.10. The van der Waals surface area contributed by atoms with Gasteiger partial charge >= 0.3 is 0 Å². The van der Waals surface area contributed by atoms with Gasteiger partial charge in [0.1, 0.15) is 5.75 Å². The van der Waals surface area contributed by atoms with E-state index >= 15 is 0 Å². The fourth-order valence-electron chi connectivity index (χ4n) is 2.36. The van der Waals surface area contributed by atoms with Gasteiger partial charge in [0.25, 0.3) is 0 Å². The third-order valence-electron chi connectivity index (χ3n) is 3.19. The predicted octanol–water partition coefficient (Wildman–Crippen LogP) is 3.53. The normalized spacial score (nSPS) is 24.4. The average Bonchev–Trinajstić information content (AvgIpc) is 2.39. The predicted molar refractivity (Wildman–Crippen MR) is 68.1 cm³/mol. The van der Waals surface area contributed by atoms with Gasteiger partial charge in [-0.1, -0.05) is 28.9 Å². The van der Waals surface area contributed by atoms with E-state index in [9.17, 15) is 0 Å². The van der Waals surface area contributed by atoms with Crippen molar-refractivity contribution in [3.63, 3.8) is 0 Å². The van der Waals surface area contributed by atoms with E-state index in [-0.39, 0.29) is 5.41 Å². The maximum Gasteiger partial charge on any atom is 0.124 e. The number of halogens is 1. The van der Waals surface area contributed by atoms with Crippen LogP contribution in [0.3, 0.4) is 0 Å². The number of fused-ring (bicyclic) bond motifs is 1. The molecule has 16 heavy (non-hydrogen) atoms. The van der Waals surface area contributed by atoms with Crippen molar-refractivity contribution in [3.8, 4) is 5.75 Å². The van der Waals surface area contributed by atoms with Crippen LogP contribution in [-0.2, 0) is 10.2 Å². The summed E-state index contributed by atoms with van der Waals surface area (Å²) in [6.45, 7) is 3.78. The Morgan fingerprint density at radius 3 is 3.06 bits per heavy atom. The summed E-state index contributed by atoms with van der Waals surface area (Å²) in [7, 11) is 1.76. The standard InChI is InChI=1S/C13H17BrO2/c1-13(9-15-2)6-3-7-16-12-8-10(14)4-5-11(12)13/h4-5,8H,3,6-7,9H2,1-2H3. The van der Waals surface area contributed by atoms with Crippen LogP contribution in [0.15, 0.2) is 22.7 Å². The summed E-state index contributed by atoms with van der Waals surface area (Å²) in [5.41, 5.74) is 1.33. The molecule has 1 unspecified atom stereocenters. The molecule has 0 saturated carbocycles.